The largest absolute Gasteiger partial charge is 0.492 e. The summed E-state index contributed by atoms with van der Waals surface area (Å²) in [6.45, 7) is 2.52. The summed E-state index contributed by atoms with van der Waals surface area (Å²) in [6.07, 6.45) is 2.06. The van der Waals surface area contributed by atoms with Crippen molar-refractivity contribution in [3.63, 3.8) is 0 Å². The van der Waals surface area contributed by atoms with E-state index in [4.69, 9.17) is 4.74 Å². The Morgan fingerprint density at radius 2 is 2.27 bits per heavy atom. The standard InChI is InChI=1S/C12H15BrO2/c1-8(14)10-3-2-4-11(13)12(10)15-7-9-5-6-9/h2-4,8-9,14H,5-7H2,1H3. The summed E-state index contributed by atoms with van der Waals surface area (Å²) in [6, 6.07) is 5.75. The maximum absolute atomic E-state index is 9.61. The number of ether oxygens (including phenoxy) is 1. The molecule has 0 bridgehead atoms. The van der Waals surface area contributed by atoms with Crippen LogP contribution in [0.5, 0.6) is 5.75 Å². The van der Waals surface area contributed by atoms with Gasteiger partial charge < -0.3 is 9.84 Å². The first kappa shape index (κ1) is 11.0. The van der Waals surface area contributed by atoms with Gasteiger partial charge in [-0.25, -0.2) is 0 Å². The van der Waals surface area contributed by atoms with Gasteiger partial charge in [0.1, 0.15) is 5.75 Å². The first-order chi connectivity index (χ1) is 7.18. The number of benzene rings is 1. The molecule has 0 radical (unpaired) electrons. The van der Waals surface area contributed by atoms with Crippen LogP contribution in [0.15, 0.2) is 22.7 Å². The van der Waals surface area contributed by atoms with Gasteiger partial charge in [-0.1, -0.05) is 12.1 Å². The summed E-state index contributed by atoms with van der Waals surface area (Å²) in [5.74, 6) is 1.51. The van der Waals surface area contributed by atoms with Crippen molar-refractivity contribution in [3.8, 4) is 5.75 Å². The number of rotatable bonds is 4. The molecule has 1 aliphatic carbocycles. The third kappa shape index (κ3) is 2.73. The molecule has 0 aromatic heterocycles. The van der Waals surface area contributed by atoms with E-state index in [0.29, 0.717) is 0 Å². The molecule has 1 atom stereocenters. The first-order valence-electron chi connectivity index (χ1n) is 5.27. The zero-order valence-corrected chi connectivity index (χ0v) is 10.3. The second-order valence-corrected chi connectivity index (χ2v) is 4.94. The van der Waals surface area contributed by atoms with Gasteiger partial charge in [0, 0.05) is 5.56 Å². The van der Waals surface area contributed by atoms with E-state index < -0.39 is 6.10 Å². The van der Waals surface area contributed by atoms with E-state index in [-0.39, 0.29) is 0 Å². The van der Waals surface area contributed by atoms with Gasteiger partial charge in [0.25, 0.3) is 0 Å². The third-order valence-corrected chi connectivity index (χ3v) is 3.23. The van der Waals surface area contributed by atoms with Gasteiger partial charge in [-0.2, -0.15) is 0 Å². The topological polar surface area (TPSA) is 29.5 Å². The molecule has 2 nitrogen and oxygen atoms in total. The number of halogens is 1. The van der Waals surface area contributed by atoms with Gasteiger partial charge in [-0.3, -0.25) is 0 Å². The Balaban J connectivity index is 2.16. The van der Waals surface area contributed by atoms with Crippen molar-refractivity contribution in [2.24, 2.45) is 5.92 Å². The highest BCUT2D eigenvalue weighted by molar-refractivity contribution is 9.10. The number of para-hydroxylation sites is 1. The molecule has 0 saturated heterocycles. The van der Waals surface area contributed by atoms with E-state index in [1.54, 1.807) is 6.92 Å². The van der Waals surface area contributed by atoms with Crippen molar-refractivity contribution < 1.29 is 9.84 Å². The molecule has 0 aliphatic heterocycles. The van der Waals surface area contributed by atoms with Gasteiger partial charge in [0.05, 0.1) is 17.2 Å². The molecule has 1 aromatic carbocycles. The SMILES string of the molecule is CC(O)c1cccc(Br)c1OCC1CC1. The predicted molar refractivity (Wildman–Crippen MR) is 63.0 cm³/mol. The van der Waals surface area contributed by atoms with Crippen LogP contribution < -0.4 is 4.74 Å². The fourth-order valence-electron chi connectivity index (χ4n) is 1.49. The second-order valence-electron chi connectivity index (χ2n) is 4.09. The highest BCUT2D eigenvalue weighted by Crippen LogP contribution is 2.35. The lowest BCUT2D eigenvalue weighted by atomic mass is 10.1. The molecule has 3 heteroatoms. The minimum atomic E-state index is -0.489. The van der Waals surface area contributed by atoms with Crippen LogP contribution in [0, 0.1) is 5.92 Å². The Hall–Kier alpha value is -0.540. The van der Waals surface area contributed by atoms with Gasteiger partial charge in [0.15, 0.2) is 0 Å². The monoisotopic (exact) mass is 270 g/mol. The first-order valence-corrected chi connectivity index (χ1v) is 6.07. The third-order valence-electron chi connectivity index (χ3n) is 2.61. The number of hydrogen-bond acceptors (Lipinski definition) is 2. The van der Waals surface area contributed by atoms with Crippen LogP contribution in [0.1, 0.15) is 31.4 Å². The Morgan fingerprint density at radius 1 is 1.53 bits per heavy atom. The highest BCUT2D eigenvalue weighted by Gasteiger charge is 2.23. The van der Waals surface area contributed by atoms with E-state index in [9.17, 15) is 5.11 Å². The Kier molecular flexibility index (Phi) is 3.32. The number of hydrogen-bond donors (Lipinski definition) is 1. The lowest BCUT2D eigenvalue weighted by Gasteiger charge is -2.14. The smallest absolute Gasteiger partial charge is 0.139 e. The van der Waals surface area contributed by atoms with Crippen molar-refractivity contribution in [1.29, 1.82) is 0 Å². The van der Waals surface area contributed by atoms with Crippen molar-refractivity contribution in [2.75, 3.05) is 6.61 Å². The van der Waals surface area contributed by atoms with Crippen LogP contribution in [-0.2, 0) is 0 Å². The van der Waals surface area contributed by atoms with Gasteiger partial charge in [0.2, 0.25) is 0 Å². The van der Waals surface area contributed by atoms with E-state index in [2.05, 4.69) is 15.9 Å². The molecule has 0 heterocycles. The molecule has 1 aliphatic rings. The summed E-state index contributed by atoms with van der Waals surface area (Å²) < 4.78 is 6.66. The zero-order chi connectivity index (χ0) is 10.8. The highest BCUT2D eigenvalue weighted by atomic mass is 79.9. The normalized spacial score (nSPS) is 17.5. The fraction of sp³-hybridized carbons (Fsp3) is 0.500. The summed E-state index contributed by atoms with van der Waals surface area (Å²) in [5.41, 5.74) is 0.852. The minimum Gasteiger partial charge on any atom is -0.492 e. The molecular formula is C12H15BrO2. The van der Waals surface area contributed by atoms with Crippen molar-refractivity contribution in [1.82, 2.24) is 0 Å². The molecule has 1 saturated carbocycles. The quantitative estimate of drug-likeness (QED) is 0.910. The fourth-order valence-corrected chi connectivity index (χ4v) is 1.99. The predicted octanol–water partition coefficient (Wildman–Crippen LogP) is 3.29. The zero-order valence-electron chi connectivity index (χ0n) is 8.74. The maximum Gasteiger partial charge on any atom is 0.139 e. The lowest BCUT2D eigenvalue weighted by Crippen LogP contribution is -2.04. The summed E-state index contributed by atoms with van der Waals surface area (Å²) in [4.78, 5) is 0. The van der Waals surface area contributed by atoms with Gasteiger partial charge >= 0.3 is 0 Å². The summed E-state index contributed by atoms with van der Waals surface area (Å²) in [7, 11) is 0. The van der Waals surface area contributed by atoms with Crippen LogP contribution in [0.25, 0.3) is 0 Å². The molecule has 2 rings (SSSR count). The minimum absolute atomic E-state index is 0.489. The molecule has 0 amide bonds. The molecule has 1 N–H and O–H groups in total. The average Bonchev–Trinajstić information content (AvgIpc) is 2.99. The maximum atomic E-state index is 9.61. The van der Waals surface area contributed by atoms with Crippen LogP contribution >= 0.6 is 15.9 Å². The van der Waals surface area contributed by atoms with E-state index >= 15 is 0 Å². The van der Waals surface area contributed by atoms with E-state index in [0.717, 1.165) is 28.3 Å². The Bertz CT molecular complexity index is 345. The van der Waals surface area contributed by atoms with Crippen LogP contribution in [0.4, 0.5) is 0 Å². The summed E-state index contributed by atoms with van der Waals surface area (Å²) in [5, 5.41) is 9.61. The Morgan fingerprint density at radius 3 is 2.87 bits per heavy atom. The van der Waals surface area contributed by atoms with Crippen LogP contribution in [-0.4, -0.2) is 11.7 Å². The van der Waals surface area contributed by atoms with Crippen molar-refractivity contribution in [3.05, 3.63) is 28.2 Å². The molecule has 1 unspecified atom stereocenters. The second kappa shape index (κ2) is 4.54. The Labute approximate surface area is 98.4 Å². The number of aliphatic hydroxyl groups excluding tert-OH is 1. The molecular weight excluding hydrogens is 256 g/mol. The molecule has 1 aromatic rings. The lowest BCUT2D eigenvalue weighted by molar-refractivity contribution is 0.190. The van der Waals surface area contributed by atoms with Crippen molar-refractivity contribution in [2.45, 2.75) is 25.9 Å². The van der Waals surface area contributed by atoms with Crippen LogP contribution in [0.2, 0.25) is 0 Å². The summed E-state index contributed by atoms with van der Waals surface area (Å²) >= 11 is 3.45. The molecule has 1 fully saturated rings. The van der Waals surface area contributed by atoms with Gasteiger partial charge in [-0.05, 0) is 47.7 Å². The average molecular weight is 271 g/mol. The molecule has 15 heavy (non-hydrogen) atoms. The van der Waals surface area contributed by atoms with Gasteiger partial charge in [-0.15, -0.1) is 0 Å². The van der Waals surface area contributed by atoms with Crippen LogP contribution in [0.3, 0.4) is 0 Å². The molecule has 82 valence electrons. The van der Waals surface area contributed by atoms with E-state index in [1.165, 1.54) is 12.8 Å². The molecule has 0 spiro atoms. The van der Waals surface area contributed by atoms with E-state index in [1.807, 2.05) is 18.2 Å². The number of aliphatic hydroxyl groups is 1. The van der Waals surface area contributed by atoms with Crippen molar-refractivity contribution >= 4 is 15.9 Å².